The van der Waals surface area contributed by atoms with E-state index in [9.17, 15) is 14.0 Å². The maximum Gasteiger partial charge on any atom is 0.342 e. The van der Waals surface area contributed by atoms with Crippen molar-refractivity contribution in [3.05, 3.63) is 59.4 Å². The van der Waals surface area contributed by atoms with Gasteiger partial charge in [0.2, 0.25) is 0 Å². The van der Waals surface area contributed by atoms with Crippen LogP contribution in [-0.2, 0) is 16.0 Å². The zero-order valence-corrected chi connectivity index (χ0v) is 14.6. The predicted octanol–water partition coefficient (Wildman–Crippen LogP) is 2.36. The van der Waals surface area contributed by atoms with Gasteiger partial charge in [0.1, 0.15) is 11.4 Å². The Morgan fingerprint density at radius 2 is 1.77 bits per heavy atom. The standard InChI is InChI=1S/C19H20FNO5/c1-24-16-5-3-4-15(18(16)25-2)19(23)26-12-17(22)21-11-10-13-6-8-14(20)9-7-13/h3-9H,10-12H2,1-2H3,(H,21,22). The molecule has 2 aromatic rings. The van der Waals surface area contributed by atoms with Gasteiger partial charge < -0.3 is 19.5 Å². The van der Waals surface area contributed by atoms with Crippen molar-refractivity contribution in [3.63, 3.8) is 0 Å². The van der Waals surface area contributed by atoms with Gasteiger partial charge in [0.25, 0.3) is 5.91 Å². The molecule has 1 N–H and O–H groups in total. The summed E-state index contributed by atoms with van der Waals surface area (Å²) >= 11 is 0. The van der Waals surface area contributed by atoms with Crippen molar-refractivity contribution >= 4 is 11.9 Å². The number of ether oxygens (including phenoxy) is 3. The van der Waals surface area contributed by atoms with Crippen molar-refractivity contribution in [2.24, 2.45) is 0 Å². The Kier molecular flexibility index (Phi) is 6.96. The van der Waals surface area contributed by atoms with Gasteiger partial charge in [0, 0.05) is 6.54 Å². The third kappa shape index (κ3) is 5.20. The number of benzene rings is 2. The molecule has 26 heavy (non-hydrogen) atoms. The van der Waals surface area contributed by atoms with Crippen LogP contribution in [0.2, 0.25) is 0 Å². The van der Waals surface area contributed by atoms with Crippen molar-refractivity contribution in [3.8, 4) is 11.5 Å². The number of carbonyl (C=O) groups is 2. The van der Waals surface area contributed by atoms with Gasteiger partial charge in [-0.3, -0.25) is 4.79 Å². The van der Waals surface area contributed by atoms with E-state index in [-0.39, 0.29) is 17.1 Å². The van der Waals surface area contributed by atoms with Gasteiger partial charge in [-0.25, -0.2) is 9.18 Å². The maximum atomic E-state index is 12.8. The summed E-state index contributed by atoms with van der Waals surface area (Å²) < 4.78 is 28.1. The summed E-state index contributed by atoms with van der Waals surface area (Å²) in [6, 6.07) is 10.8. The number of amides is 1. The van der Waals surface area contributed by atoms with Crippen molar-refractivity contribution in [2.45, 2.75) is 6.42 Å². The van der Waals surface area contributed by atoms with E-state index < -0.39 is 18.5 Å². The Balaban J connectivity index is 1.81. The largest absolute Gasteiger partial charge is 0.493 e. The van der Waals surface area contributed by atoms with Gasteiger partial charge in [0.05, 0.1) is 14.2 Å². The minimum Gasteiger partial charge on any atom is -0.493 e. The average Bonchev–Trinajstić information content (AvgIpc) is 2.66. The van der Waals surface area contributed by atoms with Crippen LogP contribution in [0.15, 0.2) is 42.5 Å². The number of hydrogen-bond acceptors (Lipinski definition) is 5. The molecule has 0 heterocycles. The van der Waals surface area contributed by atoms with Crippen molar-refractivity contribution in [1.29, 1.82) is 0 Å². The van der Waals surface area contributed by atoms with Crippen LogP contribution in [0.3, 0.4) is 0 Å². The Morgan fingerprint density at radius 1 is 1.04 bits per heavy atom. The molecule has 1 amide bonds. The number of esters is 1. The Bertz CT molecular complexity index is 761. The average molecular weight is 361 g/mol. The van der Waals surface area contributed by atoms with E-state index in [2.05, 4.69) is 5.32 Å². The highest BCUT2D eigenvalue weighted by molar-refractivity contribution is 5.94. The van der Waals surface area contributed by atoms with Gasteiger partial charge in [-0.1, -0.05) is 18.2 Å². The normalized spacial score (nSPS) is 10.1. The third-order valence-electron chi connectivity index (χ3n) is 3.61. The maximum absolute atomic E-state index is 12.8. The van der Waals surface area contributed by atoms with Gasteiger partial charge in [-0.2, -0.15) is 0 Å². The first-order chi connectivity index (χ1) is 12.5. The molecule has 0 unspecified atom stereocenters. The summed E-state index contributed by atoms with van der Waals surface area (Å²) in [5.41, 5.74) is 1.07. The first-order valence-corrected chi connectivity index (χ1v) is 7.94. The first-order valence-electron chi connectivity index (χ1n) is 7.94. The highest BCUT2D eigenvalue weighted by Crippen LogP contribution is 2.30. The molecule has 0 aliphatic rings. The van der Waals surface area contributed by atoms with E-state index in [0.717, 1.165) is 5.56 Å². The number of carbonyl (C=O) groups excluding carboxylic acids is 2. The lowest BCUT2D eigenvalue weighted by molar-refractivity contribution is -0.124. The van der Waals surface area contributed by atoms with Crippen molar-refractivity contribution in [2.75, 3.05) is 27.4 Å². The van der Waals surface area contributed by atoms with E-state index in [1.165, 1.54) is 32.4 Å². The number of nitrogens with one attached hydrogen (secondary N) is 1. The molecule has 0 atom stereocenters. The highest BCUT2D eigenvalue weighted by Gasteiger charge is 2.18. The molecule has 0 aliphatic carbocycles. The molecule has 0 saturated carbocycles. The second-order valence-corrected chi connectivity index (χ2v) is 5.34. The summed E-state index contributed by atoms with van der Waals surface area (Å²) in [5.74, 6) is -0.781. The molecule has 0 bridgehead atoms. The molecule has 138 valence electrons. The van der Waals surface area contributed by atoms with Crippen LogP contribution < -0.4 is 14.8 Å². The third-order valence-corrected chi connectivity index (χ3v) is 3.61. The molecule has 0 radical (unpaired) electrons. The van der Waals surface area contributed by atoms with E-state index in [4.69, 9.17) is 14.2 Å². The van der Waals surface area contributed by atoms with Crippen LogP contribution in [0.25, 0.3) is 0 Å². The Labute approximate surface area is 150 Å². The van der Waals surface area contributed by atoms with Crippen LogP contribution in [0, 0.1) is 5.82 Å². The number of hydrogen-bond donors (Lipinski definition) is 1. The Hall–Kier alpha value is -3.09. The quantitative estimate of drug-likeness (QED) is 0.731. The summed E-state index contributed by atoms with van der Waals surface area (Å²) in [7, 11) is 2.87. The van der Waals surface area contributed by atoms with Crippen molar-refractivity contribution in [1.82, 2.24) is 5.32 Å². The molecule has 0 saturated heterocycles. The van der Waals surface area contributed by atoms with Gasteiger partial charge in [0.15, 0.2) is 18.1 Å². The smallest absolute Gasteiger partial charge is 0.342 e. The fourth-order valence-corrected chi connectivity index (χ4v) is 2.31. The minimum atomic E-state index is -0.686. The molecule has 7 heteroatoms. The minimum absolute atomic E-state index is 0.172. The molecular formula is C19H20FNO5. The lowest BCUT2D eigenvalue weighted by Gasteiger charge is -2.12. The number of methoxy groups -OCH3 is 2. The van der Waals surface area contributed by atoms with Gasteiger partial charge in [-0.05, 0) is 36.2 Å². The number of halogens is 1. The second-order valence-electron chi connectivity index (χ2n) is 5.34. The monoisotopic (exact) mass is 361 g/mol. The fraction of sp³-hybridized carbons (Fsp3) is 0.263. The summed E-state index contributed by atoms with van der Waals surface area (Å²) in [6.07, 6.45) is 0.545. The van der Waals surface area contributed by atoms with Gasteiger partial charge >= 0.3 is 5.97 Å². The molecule has 2 aromatic carbocycles. The lowest BCUT2D eigenvalue weighted by atomic mass is 10.1. The van der Waals surface area contributed by atoms with E-state index in [1.807, 2.05) is 0 Å². The summed E-state index contributed by atoms with van der Waals surface area (Å²) in [6.45, 7) is -0.0624. The zero-order valence-electron chi connectivity index (χ0n) is 14.6. The van der Waals surface area contributed by atoms with Crippen LogP contribution in [0.1, 0.15) is 15.9 Å². The molecule has 2 rings (SSSR count). The summed E-state index contributed by atoms with van der Waals surface area (Å²) in [4.78, 5) is 23.9. The molecular weight excluding hydrogens is 341 g/mol. The van der Waals surface area contributed by atoms with Crippen LogP contribution >= 0.6 is 0 Å². The van der Waals surface area contributed by atoms with Crippen LogP contribution in [0.5, 0.6) is 11.5 Å². The van der Waals surface area contributed by atoms with E-state index in [1.54, 1.807) is 24.3 Å². The topological polar surface area (TPSA) is 73.9 Å². The Morgan fingerprint density at radius 3 is 2.42 bits per heavy atom. The molecule has 6 nitrogen and oxygen atoms in total. The lowest BCUT2D eigenvalue weighted by Crippen LogP contribution is -2.30. The molecule has 0 aromatic heterocycles. The second kappa shape index (κ2) is 9.41. The van der Waals surface area contributed by atoms with Crippen LogP contribution in [-0.4, -0.2) is 39.2 Å². The summed E-state index contributed by atoms with van der Waals surface area (Å²) in [5, 5.41) is 2.64. The first kappa shape index (κ1) is 19.2. The van der Waals surface area contributed by atoms with E-state index >= 15 is 0 Å². The fourth-order valence-electron chi connectivity index (χ4n) is 2.31. The zero-order chi connectivity index (χ0) is 18.9. The van der Waals surface area contributed by atoms with Crippen molar-refractivity contribution < 1.29 is 28.2 Å². The van der Waals surface area contributed by atoms with Crippen LogP contribution in [0.4, 0.5) is 4.39 Å². The predicted molar refractivity (Wildman–Crippen MR) is 92.9 cm³/mol. The molecule has 0 aliphatic heterocycles. The van der Waals surface area contributed by atoms with Gasteiger partial charge in [-0.15, -0.1) is 0 Å². The SMILES string of the molecule is COc1cccc(C(=O)OCC(=O)NCCc2ccc(F)cc2)c1OC. The molecule has 0 spiro atoms. The molecule has 0 fully saturated rings. The number of rotatable bonds is 8. The number of para-hydroxylation sites is 1. The highest BCUT2D eigenvalue weighted by atomic mass is 19.1. The van der Waals surface area contributed by atoms with E-state index in [0.29, 0.717) is 18.7 Å².